The average Bonchev–Trinajstić information content (AvgIpc) is 2.30. The van der Waals surface area contributed by atoms with Crippen molar-refractivity contribution in [3.63, 3.8) is 0 Å². The first-order valence-corrected chi connectivity index (χ1v) is 8.18. The lowest BCUT2D eigenvalue weighted by Gasteiger charge is -2.39. The van der Waals surface area contributed by atoms with Gasteiger partial charge in [-0.2, -0.15) is 0 Å². The predicted octanol–water partition coefficient (Wildman–Crippen LogP) is 5.29. The van der Waals surface area contributed by atoms with Gasteiger partial charge in [-0.15, -0.1) is 0 Å². The van der Waals surface area contributed by atoms with Crippen molar-refractivity contribution in [1.29, 1.82) is 0 Å². The van der Waals surface area contributed by atoms with Crippen LogP contribution < -0.4 is 5.32 Å². The van der Waals surface area contributed by atoms with E-state index in [1.54, 1.807) is 6.07 Å². The second kappa shape index (κ2) is 5.95. The van der Waals surface area contributed by atoms with Crippen LogP contribution in [0.5, 0.6) is 0 Å². The number of halogens is 1. The number of rotatable bonds is 3. The molecule has 116 valence electrons. The molecule has 0 unspecified atom stereocenters. The van der Waals surface area contributed by atoms with Gasteiger partial charge in [0, 0.05) is 16.6 Å². The van der Waals surface area contributed by atoms with Gasteiger partial charge in [0.05, 0.1) is 4.92 Å². The molecule has 4 nitrogen and oxygen atoms in total. The van der Waals surface area contributed by atoms with Crippen LogP contribution in [0.4, 0.5) is 11.4 Å². The van der Waals surface area contributed by atoms with Crippen LogP contribution in [0, 0.1) is 28.4 Å². The minimum atomic E-state index is -0.316. The predicted molar refractivity (Wildman–Crippen MR) is 89.7 cm³/mol. The van der Waals surface area contributed by atoms with Crippen LogP contribution in [0.2, 0.25) is 0 Å². The smallest absolute Gasteiger partial charge is 0.293 e. The van der Waals surface area contributed by atoms with Crippen LogP contribution in [-0.2, 0) is 0 Å². The number of nitrogens with zero attached hydrogens (tertiary/aromatic N) is 1. The van der Waals surface area contributed by atoms with Gasteiger partial charge in [0.2, 0.25) is 0 Å². The number of hydrogen-bond acceptors (Lipinski definition) is 3. The maximum Gasteiger partial charge on any atom is 0.293 e. The van der Waals surface area contributed by atoms with Gasteiger partial charge in [-0.05, 0) is 49.1 Å². The summed E-state index contributed by atoms with van der Waals surface area (Å²) in [7, 11) is 0. The largest absolute Gasteiger partial charge is 0.377 e. The molecule has 5 heteroatoms. The van der Waals surface area contributed by atoms with Gasteiger partial charge in [-0.3, -0.25) is 10.1 Å². The average molecular weight is 355 g/mol. The highest BCUT2D eigenvalue weighted by molar-refractivity contribution is 9.10. The summed E-state index contributed by atoms with van der Waals surface area (Å²) >= 11 is 3.37. The number of benzene rings is 1. The van der Waals surface area contributed by atoms with Gasteiger partial charge < -0.3 is 5.32 Å². The van der Waals surface area contributed by atoms with Crippen LogP contribution in [0.3, 0.4) is 0 Å². The van der Waals surface area contributed by atoms with E-state index in [1.807, 2.05) is 13.0 Å². The molecule has 1 aromatic carbocycles. The molecular weight excluding hydrogens is 332 g/mol. The Balaban J connectivity index is 2.26. The minimum absolute atomic E-state index is 0.142. The van der Waals surface area contributed by atoms with Crippen LogP contribution in [0.15, 0.2) is 16.6 Å². The summed E-state index contributed by atoms with van der Waals surface area (Å²) in [5.41, 5.74) is 2.07. The first-order chi connectivity index (χ1) is 9.68. The highest BCUT2D eigenvalue weighted by Crippen LogP contribution is 2.41. The van der Waals surface area contributed by atoms with Gasteiger partial charge >= 0.3 is 0 Å². The topological polar surface area (TPSA) is 55.2 Å². The standard InChI is InChI=1S/C16H23BrN2O2/c1-10-5-12(9-16(3,4)8-10)18-14-6-11(2)13(17)7-15(14)19(20)21/h6-7,10,12,18H,5,8-9H2,1-4H3/t10-,12+/m1/s1. The van der Waals surface area contributed by atoms with Gasteiger partial charge in [0.15, 0.2) is 0 Å². The van der Waals surface area contributed by atoms with Gasteiger partial charge in [-0.1, -0.05) is 36.7 Å². The Kier molecular flexibility index (Phi) is 4.61. The van der Waals surface area contributed by atoms with Crippen LogP contribution in [0.1, 0.15) is 45.6 Å². The zero-order valence-corrected chi connectivity index (χ0v) is 14.7. The summed E-state index contributed by atoms with van der Waals surface area (Å²) in [5.74, 6) is 0.641. The zero-order valence-electron chi connectivity index (χ0n) is 13.1. The Hall–Kier alpha value is -1.10. The van der Waals surface area contributed by atoms with Crippen LogP contribution in [-0.4, -0.2) is 11.0 Å². The molecule has 1 fully saturated rings. The summed E-state index contributed by atoms with van der Waals surface area (Å²) in [6.45, 7) is 8.76. The van der Waals surface area contributed by atoms with Crippen molar-refractivity contribution in [1.82, 2.24) is 0 Å². The van der Waals surface area contributed by atoms with Crippen LogP contribution >= 0.6 is 15.9 Å². The highest BCUT2D eigenvalue weighted by Gasteiger charge is 2.32. The van der Waals surface area contributed by atoms with Crippen molar-refractivity contribution in [2.75, 3.05) is 5.32 Å². The van der Waals surface area contributed by atoms with E-state index in [0.717, 1.165) is 22.9 Å². The molecule has 0 heterocycles. The number of nitrogens with one attached hydrogen (secondary N) is 1. The van der Waals surface area contributed by atoms with E-state index in [4.69, 9.17) is 0 Å². The molecule has 0 saturated heterocycles. The number of hydrogen-bond donors (Lipinski definition) is 1. The molecule has 0 spiro atoms. The van der Waals surface area contributed by atoms with Crippen molar-refractivity contribution >= 4 is 27.3 Å². The van der Waals surface area contributed by atoms with Crippen molar-refractivity contribution < 1.29 is 4.92 Å². The van der Waals surface area contributed by atoms with Gasteiger partial charge in [0.1, 0.15) is 5.69 Å². The summed E-state index contributed by atoms with van der Waals surface area (Å²) < 4.78 is 0.775. The summed E-state index contributed by atoms with van der Waals surface area (Å²) in [4.78, 5) is 10.9. The lowest BCUT2D eigenvalue weighted by molar-refractivity contribution is -0.384. The Bertz CT molecular complexity index is 557. The molecule has 1 aliphatic carbocycles. The third kappa shape index (κ3) is 3.96. The lowest BCUT2D eigenvalue weighted by atomic mass is 9.70. The van der Waals surface area contributed by atoms with E-state index in [-0.39, 0.29) is 16.0 Å². The fraction of sp³-hybridized carbons (Fsp3) is 0.625. The molecular formula is C16H23BrN2O2. The van der Waals surface area contributed by atoms with Crippen molar-refractivity contribution in [3.05, 3.63) is 32.3 Å². The fourth-order valence-corrected chi connectivity index (χ4v) is 3.94. The molecule has 1 saturated carbocycles. The summed E-state index contributed by atoms with van der Waals surface area (Å²) in [5, 5.41) is 14.7. The van der Waals surface area contributed by atoms with Crippen molar-refractivity contribution in [2.45, 2.75) is 53.0 Å². The van der Waals surface area contributed by atoms with E-state index < -0.39 is 0 Å². The Morgan fingerprint density at radius 3 is 2.62 bits per heavy atom. The molecule has 0 bridgehead atoms. The second-order valence-electron chi connectivity index (χ2n) is 7.13. The Morgan fingerprint density at radius 1 is 1.38 bits per heavy atom. The maximum atomic E-state index is 11.3. The molecule has 1 N–H and O–H groups in total. The highest BCUT2D eigenvalue weighted by atomic mass is 79.9. The van der Waals surface area contributed by atoms with E-state index >= 15 is 0 Å². The maximum absolute atomic E-state index is 11.3. The molecule has 21 heavy (non-hydrogen) atoms. The third-order valence-electron chi connectivity index (χ3n) is 4.22. The molecule has 0 aliphatic heterocycles. The van der Waals surface area contributed by atoms with Gasteiger partial charge in [-0.25, -0.2) is 0 Å². The quantitative estimate of drug-likeness (QED) is 0.592. The van der Waals surface area contributed by atoms with Gasteiger partial charge in [0.25, 0.3) is 5.69 Å². The molecule has 0 radical (unpaired) electrons. The minimum Gasteiger partial charge on any atom is -0.377 e. The molecule has 0 aromatic heterocycles. The number of nitro groups is 1. The van der Waals surface area contributed by atoms with E-state index in [9.17, 15) is 10.1 Å². The molecule has 2 rings (SSSR count). The molecule has 1 aromatic rings. The summed E-state index contributed by atoms with van der Waals surface area (Å²) in [6.07, 6.45) is 3.33. The van der Waals surface area contributed by atoms with E-state index in [0.29, 0.717) is 17.6 Å². The molecule has 2 atom stereocenters. The lowest BCUT2D eigenvalue weighted by Crippen LogP contribution is -2.35. The normalized spacial score (nSPS) is 24.6. The zero-order chi connectivity index (χ0) is 15.8. The Labute approximate surface area is 134 Å². The third-order valence-corrected chi connectivity index (χ3v) is 5.07. The number of anilines is 1. The molecule has 1 aliphatic rings. The summed E-state index contributed by atoms with van der Waals surface area (Å²) in [6, 6.07) is 3.76. The molecule has 0 amide bonds. The van der Waals surface area contributed by atoms with Crippen molar-refractivity contribution in [3.8, 4) is 0 Å². The number of nitro benzene ring substituents is 1. The van der Waals surface area contributed by atoms with Crippen LogP contribution in [0.25, 0.3) is 0 Å². The number of aryl methyl sites for hydroxylation is 1. The Morgan fingerprint density at radius 2 is 2.05 bits per heavy atom. The first-order valence-electron chi connectivity index (χ1n) is 7.39. The second-order valence-corrected chi connectivity index (χ2v) is 7.98. The van der Waals surface area contributed by atoms with Crippen molar-refractivity contribution in [2.24, 2.45) is 11.3 Å². The first kappa shape index (κ1) is 16.3. The van der Waals surface area contributed by atoms with E-state index in [2.05, 4.69) is 42.0 Å². The SMILES string of the molecule is Cc1cc(N[C@H]2C[C@@H](C)CC(C)(C)C2)c([N+](=O)[O-])cc1Br. The fourth-order valence-electron chi connectivity index (χ4n) is 3.61. The monoisotopic (exact) mass is 354 g/mol. The van der Waals surface area contributed by atoms with E-state index in [1.165, 1.54) is 6.42 Å².